The number of benzene rings is 1. The van der Waals surface area contributed by atoms with E-state index >= 15 is 0 Å². The Hall–Kier alpha value is -2.36. The highest BCUT2D eigenvalue weighted by Gasteiger charge is 2.13. The molecule has 2 rings (SSSR count). The molecule has 0 saturated heterocycles. The molecule has 0 radical (unpaired) electrons. The van der Waals surface area contributed by atoms with Gasteiger partial charge < -0.3 is 9.88 Å². The molecule has 0 bridgehead atoms. The standard InChI is InChI=1S/C17H20N2O2/c1-11-9-16(12(2)19(11)4)17(21)10-18-15-7-5-14(6-8-15)13(3)20/h5-9,18H,10H2,1-4H3. The highest BCUT2D eigenvalue weighted by Crippen LogP contribution is 2.15. The Bertz CT molecular complexity index is 682. The van der Waals surface area contributed by atoms with Gasteiger partial charge in [-0.25, -0.2) is 0 Å². The number of anilines is 1. The van der Waals surface area contributed by atoms with Crippen molar-refractivity contribution in [1.29, 1.82) is 0 Å². The SMILES string of the molecule is CC(=O)c1ccc(NCC(=O)c2cc(C)n(C)c2C)cc1. The van der Waals surface area contributed by atoms with Gasteiger partial charge in [-0.2, -0.15) is 0 Å². The second-order valence-electron chi connectivity index (χ2n) is 5.25. The Balaban J connectivity index is 2.04. The molecule has 1 N–H and O–H groups in total. The van der Waals surface area contributed by atoms with Gasteiger partial charge in [0.15, 0.2) is 11.6 Å². The number of Topliss-reactive ketones (excluding diaryl/α,β-unsaturated/α-hetero) is 2. The van der Waals surface area contributed by atoms with Crippen molar-refractivity contribution >= 4 is 17.3 Å². The molecule has 2 aromatic rings. The van der Waals surface area contributed by atoms with Crippen LogP contribution in [0.25, 0.3) is 0 Å². The van der Waals surface area contributed by atoms with Crippen molar-refractivity contribution in [3.8, 4) is 0 Å². The predicted octanol–water partition coefficient (Wildman–Crippen LogP) is 3.14. The lowest BCUT2D eigenvalue weighted by atomic mass is 10.1. The molecule has 0 unspecified atom stereocenters. The summed E-state index contributed by atoms with van der Waals surface area (Å²) in [5.41, 5.74) is 4.30. The molecule has 1 aromatic heterocycles. The summed E-state index contributed by atoms with van der Waals surface area (Å²) in [7, 11) is 1.95. The van der Waals surface area contributed by atoms with Gasteiger partial charge in [0.2, 0.25) is 0 Å². The largest absolute Gasteiger partial charge is 0.378 e. The molecule has 0 fully saturated rings. The Labute approximate surface area is 124 Å². The summed E-state index contributed by atoms with van der Waals surface area (Å²) >= 11 is 0. The van der Waals surface area contributed by atoms with Gasteiger partial charge in [0.1, 0.15) is 0 Å². The molecular formula is C17H20N2O2. The third-order valence-corrected chi connectivity index (χ3v) is 3.82. The van der Waals surface area contributed by atoms with Crippen LogP contribution < -0.4 is 5.32 Å². The highest BCUT2D eigenvalue weighted by atomic mass is 16.1. The number of hydrogen-bond donors (Lipinski definition) is 1. The molecule has 0 aliphatic carbocycles. The maximum absolute atomic E-state index is 12.2. The summed E-state index contributed by atoms with van der Waals surface area (Å²) in [5, 5.41) is 3.09. The first kappa shape index (κ1) is 15.0. The van der Waals surface area contributed by atoms with E-state index in [0.29, 0.717) is 5.56 Å². The van der Waals surface area contributed by atoms with E-state index in [1.54, 1.807) is 12.1 Å². The van der Waals surface area contributed by atoms with E-state index in [1.165, 1.54) is 6.92 Å². The van der Waals surface area contributed by atoms with E-state index in [9.17, 15) is 9.59 Å². The summed E-state index contributed by atoms with van der Waals surface area (Å²) in [5.74, 6) is 0.0971. The molecule has 4 heteroatoms. The molecular weight excluding hydrogens is 264 g/mol. The van der Waals surface area contributed by atoms with Gasteiger partial charge in [-0.3, -0.25) is 9.59 Å². The van der Waals surface area contributed by atoms with Crippen molar-refractivity contribution in [3.05, 3.63) is 52.8 Å². The van der Waals surface area contributed by atoms with Crippen LogP contribution in [0.2, 0.25) is 0 Å². The van der Waals surface area contributed by atoms with Gasteiger partial charge in [-0.05, 0) is 51.1 Å². The Morgan fingerprint density at radius 2 is 1.76 bits per heavy atom. The smallest absolute Gasteiger partial charge is 0.183 e. The van der Waals surface area contributed by atoms with Gasteiger partial charge in [-0.15, -0.1) is 0 Å². The van der Waals surface area contributed by atoms with Crippen molar-refractivity contribution in [1.82, 2.24) is 4.57 Å². The lowest BCUT2D eigenvalue weighted by Crippen LogP contribution is -2.14. The number of carbonyl (C=O) groups is 2. The molecule has 0 atom stereocenters. The minimum atomic E-state index is 0.0352. The van der Waals surface area contributed by atoms with E-state index in [2.05, 4.69) is 5.32 Å². The molecule has 4 nitrogen and oxygen atoms in total. The van der Waals surface area contributed by atoms with E-state index in [4.69, 9.17) is 0 Å². The first-order chi connectivity index (χ1) is 9.90. The van der Waals surface area contributed by atoms with Gasteiger partial charge in [0.05, 0.1) is 6.54 Å². The number of nitrogens with one attached hydrogen (secondary N) is 1. The average molecular weight is 284 g/mol. The minimum absolute atomic E-state index is 0.0352. The fourth-order valence-corrected chi connectivity index (χ4v) is 2.24. The van der Waals surface area contributed by atoms with Crippen molar-refractivity contribution < 1.29 is 9.59 Å². The van der Waals surface area contributed by atoms with Gasteiger partial charge in [-0.1, -0.05) is 0 Å². The number of carbonyl (C=O) groups excluding carboxylic acids is 2. The van der Waals surface area contributed by atoms with Gasteiger partial charge in [0, 0.05) is 35.2 Å². The monoisotopic (exact) mass is 284 g/mol. The van der Waals surface area contributed by atoms with Crippen molar-refractivity contribution in [2.45, 2.75) is 20.8 Å². The van der Waals surface area contributed by atoms with Crippen LogP contribution in [0.15, 0.2) is 30.3 Å². The Kier molecular flexibility index (Phi) is 4.26. The predicted molar refractivity (Wildman–Crippen MR) is 84.2 cm³/mol. The maximum atomic E-state index is 12.2. The van der Waals surface area contributed by atoms with E-state index in [1.807, 2.05) is 43.7 Å². The van der Waals surface area contributed by atoms with Crippen molar-refractivity contribution in [2.75, 3.05) is 11.9 Å². The summed E-state index contributed by atoms with van der Waals surface area (Å²) < 4.78 is 2.01. The molecule has 0 amide bonds. The summed E-state index contributed by atoms with van der Waals surface area (Å²) in [4.78, 5) is 23.5. The molecule has 0 aliphatic rings. The van der Waals surface area contributed by atoms with Crippen LogP contribution in [0.4, 0.5) is 5.69 Å². The van der Waals surface area contributed by atoms with E-state index < -0.39 is 0 Å². The van der Waals surface area contributed by atoms with Crippen LogP contribution in [-0.2, 0) is 7.05 Å². The minimum Gasteiger partial charge on any atom is -0.378 e. The lowest BCUT2D eigenvalue weighted by molar-refractivity contribution is 0.1000. The molecule has 110 valence electrons. The van der Waals surface area contributed by atoms with Crippen LogP contribution in [0, 0.1) is 13.8 Å². The molecule has 1 aromatic carbocycles. The average Bonchev–Trinajstić information content (AvgIpc) is 2.73. The lowest BCUT2D eigenvalue weighted by Gasteiger charge is -2.06. The highest BCUT2D eigenvalue weighted by molar-refractivity contribution is 6.00. The Morgan fingerprint density at radius 1 is 1.14 bits per heavy atom. The number of hydrogen-bond acceptors (Lipinski definition) is 3. The maximum Gasteiger partial charge on any atom is 0.183 e. The number of aromatic nitrogens is 1. The molecule has 0 aliphatic heterocycles. The number of nitrogens with zero attached hydrogens (tertiary/aromatic N) is 1. The quantitative estimate of drug-likeness (QED) is 0.858. The molecule has 1 heterocycles. The third kappa shape index (κ3) is 3.21. The zero-order valence-electron chi connectivity index (χ0n) is 12.9. The van der Waals surface area contributed by atoms with E-state index in [0.717, 1.165) is 22.6 Å². The summed E-state index contributed by atoms with van der Waals surface area (Å²) in [6, 6.07) is 9.05. The van der Waals surface area contributed by atoms with Crippen LogP contribution in [0.5, 0.6) is 0 Å². The molecule has 0 saturated carbocycles. The van der Waals surface area contributed by atoms with Crippen LogP contribution in [-0.4, -0.2) is 22.7 Å². The van der Waals surface area contributed by atoms with Gasteiger partial charge >= 0.3 is 0 Å². The normalized spacial score (nSPS) is 10.5. The first-order valence-corrected chi connectivity index (χ1v) is 6.91. The topological polar surface area (TPSA) is 51.1 Å². The fraction of sp³-hybridized carbons (Fsp3) is 0.294. The van der Waals surface area contributed by atoms with Crippen LogP contribution >= 0.6 is 0 Å². The van der Waals surface area contributed by atoms with Crippen molar-refractivity contribution in [2.24, 2.45) is 7.05 Å². The number of ketones is 2. The summed E-state index contributed by atoms with van der Waals surface area (Å²) in [6.07, 6.45) is 0. The first-order valence-electron chi connectivity index (χ1n) is 6.91. The van der Waals surface area contributed by atoms with Crippen molar-refractivity contribution in [3.63, 3.8) is 0 Å². The number of aryl methyl sites for hydroxylation is 1. The van der Waals surface area contributed by atoms with Gasteiger partial charge in [0.25, 0.3) is 0 Å². The zero-order valence-corrected chi connectivity index (χ0v) is 12.9. The summed E-state index contributed by atoms with van der Waals surface area (Å²) in [6.45, 7) is 5.70. The van der Waals surface area contributed by atoms with Crippen LogP contribution in [0.1, 0.15) is 39.0 Å². The molecule has 0 spiro atoms. The third-order valence-electron chi connectivity index (χ3n) is 3.82. The Morgan fingerprint density at radius 3 is 2.24 bits per heavy atom. The second-order valence-corrected chi connectivity index (χ2v) is 5.25. The number of rotatable bonds is 5. The fourth-order valence-electron chi connectivity index (χ4n) is 2.24. The molecule has 21 heavy (non-hydrogen) atoms. The van der Waals surface area contributed by atoms with Crippen LogP contribution in [0.3, 0.4) is 0 Å². The van der Waals surface area contributed by atoms with E-state index in [-0.39, 0.29) is 18.1 Å². The second kappa shape index (κ2) is 5.95. The zero-order chi connectivity index (χ0) is 15.6.